The third-order valence-electron chi connectivity index (χ3n) is 6.94. The fourth-order valence-corrected chi connectivity index (χ4v) is 5.70. The first-order valence-electron chi connectivity index (χ1n) is 11.3. The van der Waals surface area contributed by atoms with E-state index in [-0.39, 0.29) is 12.0 Å². The summed E-state index contributed by atoms with van der Waals surface area (Å²) in [6.45, 7) is 5.52. The van der Waals surface area contributed by atoms with Crippen LogP contribution in [0.3, 0.4) is 0 Å². The molecule has 0 bridgehead atoms. The van der Waals surface area contributed by atoms with Crippen molar-refractivity contribution < 1.29 is 63.2 Å². The number of carbonyl (C=O) groups is 2. The van der Waals surface area contributed by atoms with Crippen LogP contribution in [0.5, 0.6) is 0 Å². The van der Waals surface area contributed by atoms with Gasteiger partial charge in [0.05, 0.1) is 25.7 Å². The number of aliphatic hydroxyl groups is 4. The molecule has 198 valence electrons. The zero-order chi connectivity index (χ0) is 25.9. The van der Waals surface area contributed by atoms with Crippen LogP contribution in [0.25, 0.3) is 0 Å². The molecule has 4 aliphatic rings. The molecule has 0 aromatic heterocycles. The second-order valence-corrected chi connectivity index (χ2v) is 9.85. The molecule has 1 saturated carbocycles. The second-order valence-electron chi connectivity index (χ2n) is 9.85. The molecule has 0 radical (unpaired) electrons. The Bertz CT molecular complexity index is 887. The Labute approximate surface area is 201 Å². The smallest absolute Gasteiger partial charge is 0.339 e. The van der Waals surface area contributed by atoms with E-state index in [1.807, 2.05) is 0 Å². The summed E-state index contributed by atoms with van der Waals surface area (Å²) < 4.78 is 40.2. The fraction of sp³-hybridized carbons (Fsp3) is 0.818. The molecule has 2 saturated heterocycles. The molecule has 13 heteroatoms. The normalized spacial score (nSPS) is 46.1. The highest BCUT2D eigenvalue weighted by Gasteiger charge is 2.76. The lowest BCUT2D eigenvalue weighted by molar-refractivity contribution is -0.354. The van der Waals surface area contributed by atoms with E-state index in [4.69, 9.17) is 33.2 Å². The van der Waals surface area contributed by atoms with Gasteiger partial charge in [-0.25, -0.2) is 4.79 Å². The zero-order valence-corrected chi connectivity index (χ0v) is 20.1. The van der Waals surface area contributed by atoms with Gasteiger partial charge in [0.15, 0.2) is 12.1 Å². The van der Waals surface area contributed by atoms with Gasteiger partial charge in [-0.05, 0) is 20.8 Å². The molecule has 0 amide bonds. The maximum atomic E-state index is 12.8. The summed E-state index contributed by atoms with van der Waals surface area (Å²) >= 11 is 0. The molecular weight excluding hydrogens is 472 g/mol. The molecule has 3 aliphatic heterocycles. The third kappa shape index (κ3) is 4.13. The molecule has 3 heterocycles. The standard InChI is InChI=1S/C22H32O13/c1-9(24)33-21(4)6-12-22(35-20(2,3)34-12)10(17(28)29-5)8-30-19(16(21)22)32-18-15(27)14(26)13(25)11(7-23)31-18/h8,11-16,18-19,23,25-27H,6-7H2,1-5H3/t11-,12-,13-,14+,15-,16-,18+,19+,21+,22-/m1/s1. The first-order valence-corrected chi connectivity index (χ1v) is 11.3. The number of esters is 2. The van der Waals surface area contributed by atoms with E-state index in [2.05, 4.69) is 0 Å². The van der Waals surface area contributed by atoms with Crippen LogP contribution in [0.2, 0.25) is 0 Å². The Morgan fingerprint density at radius 1 is 1.11 bits per heavy atom. The summed E-state index contributed by atoms with van der Waals surface area (Å²) in [6.07, 6.45) is -8.69. The number of carbonyl (C=O) groups excluding carboxylic acids is 2. The predicted molar refractivity (Wildman–Crippen MR) is 111 cm³/mol. The molecule has 1 spiro atoms. The van der Waals surface area contributed by atoms with Gasteiger partial charge in [0, 0.05) is 13.3 Å². The average Bonchev–Trinajstić information content (AvgIpc) is 3.14. The van der Waals surface area contributed by atoms with E-state index in [1.54, 1.807) is 20.8 Å². The Hall–Kier alpha value is -1.84. The van der Waals surface area contributed by atoms with E-state index < -0.39 is 84.6 Å². The second kappa shape index (κ2) is 8.92. The van der Waals surface area contributed by atoms with Gasteiger partial charge < -0.3 is 53.6 Å². The molecule has 35 heavy (non-hydrogen) atoms. The van der Waals surface area contributed by atoms with Crippen molar-refractivity contribution in [3.05, 3.63) is 11.8 Å². The maximum Gasteiger partial charge on any atom is 0.339 e. The van der Waals surface area contributed by atoms with Gasteiger partial charge in [0.25, 0.3) is 0 Å². The van der Waals surface area contributed by atoms with E-state index in [1.165, 1.54) is 14.0 Å². The minimum atomic E-state index is -1.72. The molecule has 10 atom stereocenters. The predicted octanol–water partition coefficient (Wildman–Crippen LogP) is -1.55. The fourth-order valence-electron chi connectivity index (χ4n) is 5.70. The summed E-state index contributed by atoms with van der Waals surface area (Å²) in [4.78, 5) is 24.9. The van der Waals surface area contributed by atoms with Crippen molar-refractivity contribution in [1.29, 1.82) is 0 Å². The van der Waals surface area contributed by atoms with Crippen molar-refractivity contribution in [1.82, 2.24) is 0 Å². The van der Waals surface area contributed by atoms with Gasteiger partial charge in [-0.3, -0.25) is 4.79 Å². The highest BCUT2D eigenvalue weighted by Crippen LogP contribution is 2.61. The maximum absolute atomic E-state index is 12.8. The van der Waals surface area contributed by atoms with Gasteiger partial charge in [-0.15, -0.1) is 0 Å². The van der Waals surface area contributed by atoms with Crippen molar-refractivity contribution in [2.75, 3.05) is 13.7 Å². The van der Waals surface area contributed by atoms with Crippen LogP contribution in [0, 0.1) is 5.92 Å². The molecule has 0 unspecified atom stereocenters. The quantitative estimate of drug-likeness (QED) is 0.316. The van der Waals surface area contributed by atoms with E-state index in [0.717, 1.165) is 6.26 Å². The number of methoxy groups -OCH3 is 1. The van der Waals surface area contributed by atoms with Gasteiger partial charge in [0.1, 0.15) is 47.5 Å². The average molecular weight is 504 g/mol. The Morgan fingerprint density at radius 2 is 1.80 bits per heavy atom. The minimum absolute atomic E-state index is 0.00916. The molecule has 13 nitrogen and oxygen atoms in total. The van der Waals surface area contributed by atoms with Gasteiger partial charge in [-0.1, -0.05) is 0 Å². The SMILES string of the molecule is COC(=O)C1=CO[C@@H](O[C@@H]2O[C@H](CO)[C@@H](O)[C@H](O)[C@H]2O)[C@H]2[C@@]13OC(C)(C)O[C@@H]3C[C@]2(C)OC(C)=O. The molecule has 3 fully saturated rings. The van der Waals surface area contributed by atoms with Gasteiger partial charge in [0.2, 0.25) is 6.29 Å². The molecule has 4 rings (SSSR count). The summed E-state index contributed by atoms with van der Waals surface area (Å²) in [5.41, 5.74) is -2.87. The van der Waals surface area contributed by atoms with E-state index >= 15 is 0 Å². The first kappa shape index (κ1) is 26.2. The van der Waals surface area contributed by atoms with Crippen molar-refractivity contribution in [2.24, 2.45) is 5.92 Å². The topological polar surface area (TPSA) is 180 Å². The van der Waals surface area contributed by atoms with Gasteiger partial charge >= 0.3 is 11.9 Å². The summed E-state index contributed by atoms with van der Waals surface area (Å²) in [5, 5.41) is 40.2. The lowest BCUT2D eigenvalue weighted by Gasteiger charge is -2.48. The molecule has 0 aromatic carbocycles. The largest absolute Gasteiger partial charge is 0.471 e. The van der Waals surface area contributed by atoms with Crippen LogP contribution in [-0.2, 0) is 42.7 Å². The molecule has 1 aliphatic carbocycles. The zero-order valence-electron chi connectivity index (χ0n) is 20.1. The van der Waals surface area contributed by atoms with Crippen molar-refractivity contribution in [3.63, 3.8) is 0 Å². The number of aliphatic hydroxyl groups excluding tert-OH is 4. The Kier molecular flexibility index (Phi) is 6.69. The van der Waals surface area contributed by atoms with E-state index in [9.17, 15) is 30.0 Å². The molecule has 4 N–H and O–H groups in total. The van der Waals surface area contributed by atoms with Crippen molar-refractivity contribution in [3.8, 4) is 0 Å². The minimum Gasteiger partial charge on any atom is -0.471 e. The highest BCUT2D eigenvalue weighted by molar-refractivity contribution is 5.91. The molecular formula is C22H32O13. The van der Waals surface area contributed by atoms with Crippen LogP contribution in [0.1, 0.15) is 34.1 Å². The summed E-state index contributed by atoms with van der Waals surface area (Å²) in [7, 11) is 1.20. The summed E-state index contributed by atoms with van der Waals surface area (Å²) in [5.74, 6) is -3.53. The van der Waals surface area contributed by atoms with Crippen LogP contribution < -0.4 is 0 Å². The first-order chi connectivity index (χ1) is 16.3. The van der Waals surface area contributed by atoms with E-state index in [0.29, 0.717) is 0 Å². The van der Waals surface area contributed by atoms with Gasteiger partial charge in [-0.2, -0.15) is 0 Å². The number of hydrogen-bond donors (Lipinski definition) is 4. The van der Waals surface area contributed by atoms with Crippen LogP contribution in [0.4, 0.5) is 0 Å². The van der Waals surface area contributed by atoms with Crippen LogP contribution >= 0.6 is 0 Å². The third-order valence-corrected chi connectivity index (χ3v) is 6.94. The lowest BCUT2D eigenvalue weighted by Crippen LogP contribution is -2.63. The Morgan fingerprint density at radius 3 is 2.40 bits per heavy atom. The van der Waals surface area contributed by atoms with Crippen molar-refractivity contribution >= 4 is 11.9 Å². The Balaban J connectivity index is 1.77. The van der Waals surface area contributed by atoms with Crippen LogP contribution in [0.15, 0.2) is 11.8 Å². The number of ether oxygens (including phenoxy) is 7. The number of rotatable bonds is 5. The number of hydrogen-bond acceptors (Lipinski definition) is 13. The lowest BCUT2D eigenvalue weighted by atomic mass is 9.76. The summed E-state index contributed by atoms with van der Waals surface area (Å²) in [6, 6.07) is 0. The highest BCUT2D eigenvalue weighted by atomic mass is 16.8. The van der Waals surface area contributed by atoms with Crippen LogP contribution in [-0.4, -0.2) is 106 Å². The monoisotopic (exact) mass is 504 g/mol. The van der Waals surface area contributed by atoms with Crippen molar-refractivity contribution in [2.45, 2.75) is 94.2 Å². The molecule has 0 aromatic rings.